The molecular formula is C16H23N3O. The molecule has 0 aromatic heterocycles. The lowest BCUT2D eigenvalue weighted by molar-refractivity contribution is -0.117. The van der Waals surface area contributed by atoms with Crippen LogP contribution in [0.4, 0.5) is 11.4 Å². The maximum atomic E-state index is 11.7. The van der Waals surface area contributed by atoms with Gasteiger partial charge >= 0.3 is 0 Å². The first-order valence-electron chi connectivity index (χ1n) is 7.65. The molecule has 1 aromatic carbocycles. The van der Waals surface area contributed by atoms with Gasteiger partial charge in [0.1, 0.15) is 0 Å². The van der Waals surface area contributed by atoms with Crippen LogP contribution in [0.15, 0.2) is 24.3 Å². The van der Waals surface area contributed by atoms with Gasteiger partial charge in [-0.15, -0.1) is 0 Å². The minimum absolute atomic E-state index is 0.243. The van der Waals surface area contributed by atoms with E-state index in [1.54, 1.807) is 0 Å². The van der Waals surface area contributed by atoms with Crippen molar-refractivity contribution in [3.63, 3.8) is 0 Å². The molecule has 1 heterocycles. The first-order valence-corrected chi connectivity index (χ1v) is 7.65. The van der Waals surface area contributed by atoms with Gasteiger partial charge in [-0.05, 0) is 56.4 Å². The summed E-state index contributed by atoms with van der Waals surface area (Å²) in [5.74, 6) is 0.243. The highest BCUT2D eigenvalue weighted by atomic mass is 16.2. The van der Waals surface area contributed by atoms with E-state index in [2.05, 4.69) is 17.4 Å². The third-order valence-corrected chi connectivity index (χ3v) is 4.40. The molecule has 4 nitrogen and oxygen atoms in total. The summed E-state index contributed by atoms with van der Waals surface area (Å²) >= 11 is 0. The molecule has 3 N–H and O–H groups in total. The normalized spacial score (nSPS) is 26.9. The van der Waals surface area contributed by atoms with Crippen molar-refractivity contribution in [1.82, 2.24) is 0 Å². The molecule has 108 valence electrons. The summed E-state index contributed by atoms with van der Waals surface area (Å²) in [4.78, 5) is 13.6. The monoisotopic (exact) mass is 273 g/mol. The number of anilines is 2. The molecule has 4 heteroatoms. The number of amides is 1. The maximum absolute atomic E-state index is 11.7. The average Bonchev–Trinajstić information content (AvgIpc) is 2.89. The predicted molar refractivity (Wildman–Crippen MR) is 81.9 cm³/mol. The van der Waals surface area contributed by atoms with Crippen molar-refractivity contribution < 1.29 is 4.79 Å². The molecule has 1 saturated carbocycles. The number of hydrogen-bond donors (Lipinski definition) is 2. The fourth-order valence-corrected chi connectivity index (χ4v) is 3.16. The van der Waals surface area contributed by atoms with Crippen LogP contribution in [0.1, 0.15) is 38.5 Å². The van der Waals surface area contributed by atoms with Crippen molar-refractivity contribution in [1.29, 1.82) is 0 Å². The van der Waals surface area contributed by atoms with Crippen LogP contribution in [0.5, 0.6) is 0 Å². The molecule has 1 saturated heterocycles. The third-order valence-electron chi connectivity index (χ3n) is 4.40. The SMILES string of the molecule is NC1CCC(Nc2ccc(N3CCCC3=O)cc2)CC1. The Morgan fingerprint density at radius 1 is 1.10 bits per heavy atom. The van der Waals surface area contributed by atoms with Crippen LogP contribution in [-0.2, 0) is 4.79 Å². The number of carbonyl (C=O) groups is 1. The molecule has 1 aromatic rings. The highest BCUT2D eigenvalue weighted by molar-refractivity contribution is 5.95. The number of nitrogens with two attached hydrogens (primary N) is 1. The smallest absolute Gasteiger partial charge is 0.227 e. The molecule has 0 unspecified atom stereocenters. The highest BCUT2D eigenvalue weighted by Crippen LogP contribution is 2.25. The second-order valence-corrected chi connectivity index (χ2v) is 5.95. The van der Waals surface area contributed by atoms with Crippen LogP contribution in [0.3, 0.4) is 0 Å². The molecular weight excluding hydrogens is 250 g/mol. The number of hydrogen-bond acceptors (Lipinski definition) is 3. The van der Waals surface area contributed by atoms with E-state index in [1.807, 2.05) is 17.0 Å². The third kappa shape index (κ3) is 2.96. The Balaban J connectivity index is 1.60. The van der Waals surface area contributed by atoms with E-state index in [4.69, 9.17) is 5.73 Å². The van der Waals surface area contributed by atoms with Gasteiger partial charge in [-0.1, -0.05) is 0 Å². The van der Waals surface area contributed by atoms with E-state index in [-0.39, 0.29) is 5.91 Å². The second kappa shape index (κ2) is 5.83. The van der Waals surface area contributed by atoms with Gasteiger partial charge in [0.2, 0.25) is 5.91 Å². The number of benzene rings is 1. The summed E-state index contributed by atoms with van der Waals surface area (Å²) < 4.78 is 0. The molecule has 2 aliphatic rings. The molecule has 20 heavy (non-hydrogen) atoms. The van der Waals surface area contributed by atoms with E-state index in [1.165, 1.54) is 0 Å². The van der Waals surface area contributed by atoms with Gasteiger partial charge in [-0.25, -0.2) is 0 Å². The minimum atomic E-state index is 0.243. The standard InChI is InChI=1S/C16H23N3O/c17-12-3-5-13(6-4-12)18-14-7-9-15(10-8-14)19-11-1-2-16(19)20/h7-10,12-13,18H,1-6,11,17H2. The van der Waals surface area contributed by atoms with E-state index >= 15 is 0 Å². The van der Waals surface area contributed by atoms with Crippen molar-refractivity contribution in [2.24, 2.45) is 5.73 Å². The maximum Gasteiger partial charge on any atom is 0.227 e. The minimum Gasteiger partial charge on any atom is -0.382 e. The summed E-state index contributed by atoms with van der Waals surface area (Å²) in [6, 6.07) is 9.16. The first-order chi connectivity index (χ1) is 9.72. The van der Waals surface area contributed by atoms with E-state index in [0.29, 0.717) is 18.5 Å². The quantitative estimate of drug-likeness (QED) is 0.889. The lowest BCUT2D eigenvalue weighted by atomic mass is 9.91. The number of rotatable bonds is 3. The summed E-state index contributed by atoms with van der Waals surface area (Å²) in [7, 11) is 0. The van der Waals surface area contributed by atoms with E-state index in [9.17, 15) is 4.79 Å². The molecule has 1 aliphatic carbocycles. The first kappa shape index (κ1) is 13.4. The zero-order chi connectivity index (χ0) is 13.9. The molecule has 3 rings (SSSR count). The number of nitrogens with one attached hydrogen (secondary N) is 1. The Kier molecular flexibility index (Phi) is 3.92. The lowest BCUT2D eigenvalue weighted by Gasteiger charge is -2.27. The highest BCUT2D eigenvalue weighted by Gasteiger charge is 2.22. The van der Waals surface area contributed by atoms with Gasteiger partial charge in [0.05, 0.1) is 0 Å². The number of nitrogens with zero attached hydrogens (tertiary/aromatic N) is 1. The van der Waals surface area contributed by atoms with E-state index < -0.39 is 0 Å². The van der Waals surface area contributed by atoms with Crippen molar-refractivity contribution in [3.8, 4) is 0 Å². The zero-order valence-corrected chi connectivity index (χ0v) is 11.8. The van der Waals surface area contributed by atoms with Gasteiger partial charge in [-0.3, -0.25) is 4.79 Å². The Morgan fingerprint density at radius 2 is 1.80 bits per heavy atom. The van der Waals surface area contributed by atoms with Crippen LogP contribution in [0, 0.1) is 0 Å². The Morgan fingerprint density at radius 3 is 2.40 bits per heavy atom. The van der Waals surface area contributed by atoms with Crippen molar-refractivity contribution in [2.45, 2.75) is 50.6 Å². The van der Waals surface area contributed by atoms with Gasteiger partial charge in [0.15, 0.2) is 0 Å². The molecule has 0 atom stereocenters. The summed E-state index contributed by atoms with van der Waals surface area (Å²) in [5.41, 5.74) is 8.08. The predicted octanol–water partition coefficient (Wildman–Crippen LogP) is 2.50. The van der Waals surface area contributed by atoms with Crippen molar-refractivity contribution >= 4 is 17.3 Å². The fraction of sp³-hybridized carbons (Fsp3) is 0.562. The Hall–Kier alpha value is -1.55. The van der Waals surface area contributed by atoms with Crippen molar-refractivity contribution in [2.75, 3.05) is 16.8 Å². The molecule has 1 amide bonds. The van der Waals surface area contributed by atoms with Gasteiger partial charge < -0.3 is 16.0 Å². The average molecular weight is 273 g/mol. The number of carbonyl (C=O) groups excluding carboxylic acids is 1. The van der Waals surface area contributed by atoms with Crippen molar-refractivity contribution in [3.05, 3.63) is 24.3 Å². The van der Waals surface area contributed by atoms with Crippen LogP contribution in [0.25, 0.3) is 0 Å². The summed E-state index contributed by atoms with van der Waals surface area (Å²) in [6.45, 7) is 0.853. The van der Waals surface area contributed by atoms with Crippen LogP contribution >= 0.6 is 0 Å². The fourth-order valence-electron chi connectivity index (χ4n) is 3.16. The van der Waals surface area contributed by atoms with Crippen LogP contribution < -0.4 is 16.0 Å². The topological polar surface area (TPSA) is 58.4 Å². The van der Waals surface area contributed by atoms with Crippen LogP contribution in [-0.4, -0.2) is 24.5 Å². The molecule has 0 spiro atoms. The van der Waals surface area contributed by atoms with E-state index in [0.717, 1.165) is 50.0 Å². The summed E-state index contributed by atoms with van der Waals surface area (Å²) in [6.07, 6.45) is 6.17. The van der Waals surface area contributed by atoms with Gasteiger partial charge in [0.25, 0.3) is 0 Å². The summed E-state index contributed by atoms with van der Waals surface area (Å²) in [5, 5.41) is 3.57. The van der Waals surface area contributed by atoms with Crippen LogP contribution in [0.2, 0.25) is 0 Å². The zero-order valence-electron chi connectivity index (χ0n) is 11.8. The lowest BCUT2D eigenvalue weighted by Crippen LogP contribution is -2.32. The molecule has 1 aliphatic heterocycles. The van der Waals surface area contributed by atoms with Gasteiger partial charge in [-0.2, -0.15) is 0 Å². The molecule has 0 bridgehead atoms. The molecule has 0 radical (unpaired) electrons. The Labute approximate surface area is 120 Å². The largest absolute Gasteiger partial charge is 0.382 e. The second-order valence-electron chi connectivity index (χ2n) is 5.95. The van der Waals surface area contributed by atoms with Gasteiger partial charge in [0, 0.05) is 36.4 Å². The Bertz CT molecular complexity index is 463. The molecule has 2 fully saturated rings.